The molecule has 2 aromatic carbocycles. The number of aryl methyl sites for hydroxylation is 1. The fourth-order valence-electron chi connectivity index (χ4n) is 1.81. The van der Waals surface area contributed by atoms with E-state index in [4.69, 9.17) is 0 Å². The summed E-state index contributed by atoms with van der Waals surface area (Å²) in [5, 5.41) is 3.06. The molecule has 0 fully saturated rings. The highest BCUT2D eigenvalue weighted by molar-refractivity contribution is 7.97. The molecule has 2 nitrogen and oxygen atoms in total. The van der Waals surface area contributed by atoms with Gasteiger partial charge in [0.05, 0.1) is 11.3 Å². The van der Waals surface area contributed by atoms with Gasteiger partial charge in [0.2, 0.25) is 5.12 Å². The minimum atomic E-state index is -0.233. The molecule has 0 saturated carbocycles. The van der Waals surface area contributed by atoms with Crippen LogP contribution in [0.2, 0.25) is 0 Å². The molecule has 2 aromatic rings. The van der Waals surface area contributed by atoms with Gasteiger partial charge in [-0.1, -0.05) is 24.3 Å². The highest BCUT2D eigenvalue weighted by atomic mass is 32.1. The Morgan fingerprint density at radius 2 is 1.67 bits per heavy atom. The lowest BCUT2D eigenvalue weighted by Gasteiger charge is -2.13. The van der Waals surface area contributed by atoms with Crippen LogP contribution in [-0.4, -0.2) is 5.12 Å². The molecule has 0 aromatic heterocycles. The van der Waals surface area contributed by atoms with E-state index in [-0.39, 0.29) is 5.12 Å². The summed E-state index contributed by atoms with van der Waals surface area (Å²) in [4.78, 5) is 11.4. The molecule has 0 heterocycles. The van der Waals surface area contributed by atoms with Gasteiger partial charge < -0.3 is 5.32 Å². The lowest BCUT2D eigenvalue weighted by Crippen LogP contribution is -2.00. The maximum Gasteiger partial charge on any atom is 0.218 e. The summed E-state index contributed by atoms with van der Waals surface area (Å²) < 4.78 is 0. The van der Waals surface area contributed by atoms with Gasteiger partial charge in [-0.05, 0) is 43.2 Å². The Bertz CT molecular complexity index is 593. The number of anilines is 2. The number of nitrogens with one attached hydrogen (secondary N) is 1. The standard InChI is InChI=1S/C15H15NOS/c1-10-6-5-9-13(11(10)2)16-14-8-4-3-7-12(14)15(17)18/h3-9,16H,1-2H3,(H,17,18). The number of carbonyl (C=O) groups is 1. The van der Waals surface area contributed by atoms with Crippen molar-refractivity contribution in [1.82, 2.24) is 0 Å². The van der Waals surface area contributed by atoms with E-state index in [1.54, 1.807) is 6.07 Å². The third-order valence-corrected chi connectivity index (χ3v) is 3.27. The number of benzene rings is 2. The minimum absolute atomic E-state index is 0.233. The molecular formula is C15H15NOS. The lowest BCUT2D eigenvalue weighted by molar-refractivity contribution is 0.109. The molecule has 0 bridgehead atoms. The van der Waals surface area contributed by atoms with Gasteiger partial charge in [-0.25, -0.2) is 0 Å². The van der Waals surface area contributed by atoms with E-state index in [0.717, 1.165) is 11.4 Å². The highest BCUT2D eigenvalue weighted by Gasteiger charge is 2.08. The van der Waals surface area contributed by atoms with Crippen LogP contribution >= 0.6 is 12.6 Å². The molecular weight excluding hydrogens is 242 g/mol. The number of thiol groups is 1. The average molecular weight is 257 g/mol. The predicted molar refractivity (Wildman–Crippen MR) is 79.0 cm³/mol. The van der Waals surface area contributed by atoms with Crippen molar-refractivity contribution in [3.63, 3.8) is 0 Å². The summed E-state index contributed by atoms with van der Waals surface area (Å²) in [7, 11) is 0. The number of rotatable bonds is 3. The normalized spacial score (nSPS) is 10.2. The Kier molecular flexibility index (Phi) is 3.72. The second kappa shape index (κ2) is 5.27. The van der Waals surface area contributed by atoms with E-state index in [1.807, 2.05) is 30.3 Å². The first-order chi connectivity index (χ1) is 8.59. The predicted octanol–water partition coefficient (Wildman–Crippen LogP) is 4.12. The van der Waals surface area contributed by atoms with E-state index >= 15 is 0 Å². The average Bonchev–Trinajstić information content (AvgIpc) is 2.35. The molecule has 2 rings (SSSR count). The van der Waals surface area contributed by atoms with Crippen LogP contribution in [0.1, 0.15) is 21.5 Å². The highest BCUT2D eigenvalue weighted by Crippen LogP contribution is 2.25. The van der Waals surface area contributed by atoms with Gasteiger partial charge in [-0.15, -0.1) is 12.6 Å². The van der Waals surface area contributed by atoms with Crippen LogP contribution in [0.4, 0.5) is 11.4 Å². The van der Waals surface area contributed by atoms with Crippen LogP contribution in [0.5, 0.6) is 0 Å². The summed E-state index contributed by atoms with van der Waals surface area (Å²) in [6.07, 6.45) is 0. The van der Waals surface area contributed by atoms with Gasteiger partial charge in [0.15, 0.2) is 0 Å². The zero-order valence-electron chi connectivity index (χ0n) is 10.4. The van der Waals surface area contributed by atoms with Gasteiger partial charge >= 0.3 is 0 Å². The van der Waals surface area contributed by atoms with Crippen LogP contribution in [0.3, 0.4) is 0 Å². The topological polar surface area (TPSA) is 29.1 Å². The lowest BCUT2D eigenvalue weighted by atomic mass is 10.1. The van der Waals surface area contributed by atoms with Gasteiger partial charge in [0.1, 0.15) is 0 Å². The quantitative estimate of drug-likeness (QED) is 0.810. The van der Waals surface area contributed by atoms with Crippen LogP contribution < -0.4 is 5.32 Å². The van der Waals surface area contributed by atoms with Crippen LogP contribution in [-0.2, 0) is 0 Å². The molecule has 0 aliphatic rings. The number of para-hydroxylation sites is 1. The van der Waals surface area contributed by atoms with Crippen LogP contribution in [0, 0.1) is 13.8 Å². The molecule has 18 heavy (non-hydrogen) atoms. The molecule has 0 unspecified atom stereocenters. The van der Waals surface area contributed by atoms with Crippen molar-refractivity contribution in [1.29, 1.82) is 0 Å². The molecule has 3 heteroatoms. The molecule has 0 aliphatic heterocycles. The molecule has 92 valence electrons. The zero-order chi connectivity index (χ0) is 13.1. The van der Waals surface area contributed by atoms with E-state index in [2.05, 4.69) is 37.9 Å². The number of hydrogen-bond acceptors (Lipinski definition) is 2. The van der Waals surface area contributed by atoms with E-state index < -0.39 is 0 Å². The molecule has 0 atom stereocenters. The molecule has 0 amide bonds. The van der Waals surface area contributed by atoms with Gasteiger partial charge in [-0.2, -0.15) is 0 Å². The van der Waals surface area contributed by atoms with Crippen molar-refractivity contribution in [3.05, 3.63) is 59.2 Å². The van der Waals surface area contributed by atoms with E-state index in [1.165, 1.54) is 11.1 Å². The number of hydrogen-bond donors (Lipinski definition) is 2. The van der Waals surface area contributed by atoms with Crippen LogP contribution in [0.25, 0.3) is 0 Å². The molecule has 0 radical (unpaired) electrons. The summed E-state index contributed by atoms with van der Waals surface area (Å²) >= 11 is 3.89. The van der Waals surface area contributed by atoms with Crippen molar-refractivity contribution < 1.29 is 4.79 Å². The molecule has 0 spiro atoms. The zero-order valence-corrected chi connectivity index (χ0v) is 11.3. The van der Waals surface area contributed by atoms with E-state index in [0.29, 0.717) is 5.56 Å². The van der Waals surface area contributed by atoms with Crippen molar-refractivity contribution in [2.45, 2.75) is 13.8 Å². The first-order valence-corrected chi connectivity index (χ1v) is 6.20. The second-order valence-electron chi connectivity index (χ2n) is 4.22. The monoisotopic (exact) mass is 257 g/mol. The third-order valence-electron chi connectivity index (χ3n) is 3.03. The molecule has 1 N–H and O–H groups in total. The van der Waals surface area contributed by atoms with Crippen molar-refractivity contribution in [2.24, 2.45) is 0 Å². The largest absolute Gasteiger partial charge is 0.355 e. The smallest absolute Gasteiger partial charge is 0.218 e. The fourth-order valence-corrected chi connectivity index (χ4v) is 2.01. The SMILES string of the molecule is Cc1cccc(Nc2ccccc2C(=O)S)c1C. The van der Waals surface area contributed by atoms with Crippen molar-refractivity contribution in [2.75, 3.05) is 5.32 Å². The van der Waals surface area contributed by atoms with Gasteiger partial charge in [-0.3, -0.25) is 4.79 Å². The minimum Gasteiger partial charge on any atom is -0.355 e. The third kappa shape index (κ3) is 2.57. The maximum atomic E-state index is 11.4. The van der Waals surface area contributed by atoms with E-state index in [9.17, 15) is 4.79 Å². The Morgan fingerprint density at radius 1 is 1.00 bits per heavy atom. The number of carbonyl (C=O) groups excluding carboxylic acids is 1. The first-order valence-electron chi connectivity index (χ1n) is 5.75. The van der Waals surface area contributed by atoms with Crippen LogP contribution in [0.15, 0.2) is 42.5 Å². The van der Waals surface area contributed by atoms with Gasteiger partial charge in [0.25, 0.3) is 0 Å². The Balaban J connectivity index is 2.40. The second-order valence-corrected chi connectivity index (χ2v) is 4.63. The first kappa shape index (κ1) is 12.7. The van der Waals surface area contributed by atoms with Gasteiger partial charge in [0, 0.05) is 5.69 Å². The molecule has 0 aliphatic carbocycles. The molecule has 0 saturated heterocycles. The Labute approximate surface area is 112 Å². The van der Waals surface area contributed by atoms with Crippen molar-refractivity contribution in [3.8, 4) is 0 Å². The fraction of sp³-hybridized carbons (Fsp3) is 0.133. The Hall–Kier alpha value is -1.74. The Morgan fingerprint density at radius 3 is 2.39 bits per heavy atom. The summed E-state index contributed by atoms with van der Waals surface area (Å²) in [6, 6.07) is 13.4. The summed E-state index contributed by atoms with van der Waals surface area (Å²) in [6.45, 7) is 4.12. The maximum absolute atomic E-state index is 11.4. The summed E-state index contributed by atoms with van der Waals surface area (Å²) in [5.41, 5.74) is 4.78. The summed E-state index contributed by atoms with van der Waals surface area (Å²) in [5.74, 6) is 0. The van der Waals surface area contributed by atoms with Crippen molar-refractivity contribution >= 4 is 29.1 Å².